The van der Waals surface area contributed by atoms with Gasteiger partial charge in [0, 0.05) is 4.90 Å². The number of hydrogen-bond acceptors (Lipinski definition) is 3. The van der Waals surface area contributed by atoms with E-state index in [1.54, 1.807) is 12.1 Å². The van der Waals surface area contributed by atoms with Crippen LogP contribution in [-0.4, -0.2) is 12.6 Å². The lowest BCUT2D eigenvalue weighted by Gasteiger charge is -2.05. The number of esters is 1. The van der Waals surface area contributed by atoms with E-state index in [1.165, 1.54) is 16.7 Å². The Kier molecular flexibility index (Phi) is 10.0. The average molecular weight is 359 g/mol. The normalized spacial score (nSPS) is 12.0. The van der Waals surface area contributed by atoms with E-state index in [0.29, 0.717) is 17.1 Å². The van der Waals surface area contributed by atoms with Crippen LogP contribution in [-0.2, 0) is 4.74 Å². The van der Waals surface area contributed by atoms with Crippen LogP contribution in [0.25, 0.3) is 0 Å². The van der Waals surface area contributed by atoms with Crippen molar-refractivity contribution in [1.29, 1.82) is 0 Å². The summed E-state index contributed by atoms with van der Waals surface area (Å²) >= 11 is 4.27. The van der Waals surface area contributed by atoms with E-state index in [4.69, 9.17) is 4.74 Å². The fourth-order valence-electron chi connectivity index (χ4n) is 2.32. The van der Waals surface area contributed by atoms with Gasteiger partial charge in [0.05, 0.1) is 5.56 Å². The first-order valence-corrected chi connectivity index (χ1v) is 9.24. The molecule has 1 rings (SSSR count). The van der Waals surface area contributed by atoms with Crippen LogP contribution in [0.1, 0.15) is 63.7 Å². The summed E-state index contributed by atoms with van der Waals surface area (Å²) < 4.78 is 5.30. The van der Waals surface area contributed by atoms with Crippen LogP contribution in [0.3, 0.4) is 0 Å². The van der Waals surface area contributed by atoms with E-state index >= 15 is 0 Å². The maximum Gasteiger partial charge on any atom is 0.339 e. The molecule has 0 saturated heterocycles. The van der Waals surface area contributed by atoms with Crippen molar-refractivity contribution in [3.05, 3.63) is 64.8 Å². The van der Waals surface area contributed by atoms with E-state index in [2.05, 4.69) is 52.5 Å². The molecule has 0 unspecified atom stereocenters. The van der Waals surface area contributed by atoms with Crippen LogP contribution < -0.4 is 0 Å². The predicted octanol–water partition coefficient (Wildman–Crippen LogP) is 6.55. The van der Waals surface area contributed by atoms with Crippen molar-refractivity contribution < 1.29 is 9.53 Å². The van der Waals surface area contributed by atoms with Crippen molar-refractivity contribution in [2.75, 3.05) is 6.61 Å². The lowest BCUT2D eigenvalue weighted by molar-refractivity contribution is 0.0545. The molecule has 2 nitrogen and oxygen atoms in total. The predicted molar refractivity (Wildman–Crippen MR) is 109 cm³/mol. The second-order valence-electron chi connectivity index (χ2n) is 6.58. The van der Waals surface area contributed by atoms with Gasteiger partial charge in [-0.05, 0) is 71.6 Å². The Bertz CT molecular complexity index is 650. The zero-order valence-corrected chi connectivity index (χ0v) is 16.7. The lowest BCUT2D eigenvalue weighted by Crippen LogP contribution is -2.06. The van der Waals surface area contributed by atoms with E-state index in [9.17, 15) is 4.79 Å². The van der Waals surface area contributed by atoms with Gasteiger partial charge in [-0.1, -0.05) is 41.0 Å². The zero-order chi connectivity index (χ0) is 18.7. The third-order valence-electron chi connectivity index (χ3n) is 3.89. The molecule has 0 aliphatic carbocycles. The molecule has 3 heteroatoms. The number of thiol groups is 1. The number of allylic oxidation sites excluding steroid dienone is 5. The molecule has 1 aromatic carbocycles. The number of rotatable bonds is 9. The molecule has 1 aromatic rings. The van der Waals surface area contributed by atoms with Crippen LogP contribution in [0.5, 0.6) is 0 Å². The Balaban J connectivity index is 2.33. The Morgan fingerprint density at radius 3 is 2.20 bits per heavy atom. The third kappa shape index (κ3) is 9.35. The summed E-state index contributed by atoms with van der Waals surface area (Å²) in [5.74, 6) is -0.329. The molecule has 0 aromatic heterocycles. The maximum absolute atomic E-state index is 12.0. The number of benzene rings is 1. The van der Waals surface area contributed by atoms with Crippen LogP contribution in [0.4, 0.5) is 0 Å². The van der Waals surface area contributed by atoms with Gasteiger partial charge in [0.2, 0.25) is 0 Å². The molecule has 0 heterocycles. The van der Waals surface area contributed by atoms with Gasteiger partial charge < -0.3 is 4.74 Å². The van der Waals surface area contributed by atoms with Crippen LogP contribution >= 0.6 is 12.6 Å². The van der Waals surface area contributed by atoms with E-state index in [1.807, 2.05) is 18.2 Å². The highest BCUT2D eigenvalue weighted by molar-refractivity contribution is 7.80. The van der Waals surface area contributed by atoms with Crippen LogP contribution in [0.2, 0.25) is 0 Å². The topological polar surface area (TPSA) is 26.3 Å². The lowest BCUT2D eigenvalue weighted by atomic mass is 10.1. The van der Waals surface area contributed by atoms with Crippen molar-refractivity contribution in [3.63, 3.8) is 0 Å². The summed E-state index contributed by atoms with van der Waals surface area (Å²) in [4.78, 5) is 12.6. The number of carbonyl (C=O) groups excluding carboxylic acids is 1. The Hall–Kier alpha value is -1.74. The van der Waals surface area contributed by atoms with Gasteiger partial charge in [-0.2, -0.15) is 0 Å². The van der Waals surface area contributed by atoms with Gasteiger partial charge in [0.1, 0.15) is 6.61 Å². The number of hydrogen-bond donors (Lipinski definition) is 1. The molecular weight excluding hydrogens is 328 g/mol. The van der Waals surface area contributed by atoms with Gasteiger partial charge in [0.15, 0.2) is 0 Å². The van der Waals surface area contributed by atoms with Gasteiger partial charge in [-0.15, -0.1) is 12.6 Å². The quantitative estimate of drug-likeness (QED) is 0.308. The first kappa shape index (κ1) is 21.3. The summed E-state index contributed by atoms with van der Waals surface area (Å²) in [6.45, 7) is 8.83. The van der Waals surface area contributed by atoms with Crippen molar-refractivity contribution in [2.45, 2.75) is 58.3 Å². The van der Waals surface area contributed by atoms with Gasteiger partial charge >= 0.3 is 5.97 Å². The summed E-state index contributed by atoms with van der Waals surface area (Å²) in [6, 6.07) is 7.17. The largest absolute Gasteiger partial charge is 0.458 e. The molecule has 25 heavy (non-hydrogen) atoms. The highest BCUT2D eigenvalue weighted by atomic mass is 32.1. The van der Waals surface area contributed by atoms with Crippen molar-refractivity contribution in [2.24, 2.45) is 0 Å². The summed E-state index contributed by atoms with van der Waals surface area (Å²) in [5, 5.41) is 0. The number of carbonyl (C=O) groups is 1. The van der Waals surface area contributed by atoms with Crippen LogP contribution in [0.15, 0.2) is 64.1 Å². The van der Waals surface area contributed by atoms with Gasteiger partial charge in [-0.25, -0.2) is 4.79 Å². The SMILES string of the molecule is CC(C)=CCC/C(C)=C\CC/C(C)=C\COC(=O)c1ccccc1S. The van der Waals surface area contributed by atoms with Gasteiger partial charge in [-0.3, -0.25) is 0 Å². The molecule has 0 radical (unpaired) electrons. The monoisotopic (exact) mass is 358 g/mol. The third-order valence-corrected chi connectivity index (χ3v) is 4.28. The standard InChI is InChI=1S/C22H30O2S/c1-17(2)9-7-10-18(3)11-8-12-19(4)15-16-24-22(23)20-13-5-6-14-21(20)25/h5-6,9,11,13-15,25H,7-8,10,12,16H2,1-4H3/b18-11-,19-15-. The van der Waals surface area contributed by atoms with Crippen LogP contribution in [0, 0.1) is 0 Å². The molecule has 0 N–H and O–H groups in total. The summed E-state index contributed by atoms with van der Waals surface area (Å²) in [6.07, 6.45) is 10.8. The Morgan fingerprint density at radius 1 is 0.960 bits per heavy atom. The smallest absolute Gasteiger partial charge is 0.339 e. The molecule has 136 valence electrons. The molecule has 0 atom stereocenters. The van der Waals surface area contributed by atoms with E-state index in [0.717, 1.165) is 25.7 Å². The molecule has 0 bridgehead atoms. The first-order chi connectivity index (χ1) is 11.9. The Morgan fingerprint density at radius 2 is 1.56 bits per heavy atom. The molecule has 0 aliphatic rings. The average Bonchev–Trinajstić information content (AvgIpc) is 2.54. The molecular formula is C22H30O2S. The van der Waals surface area contributed by atoms with E-state index in [-0.39, 0.29) is 5.97 Å². The molecule has 0 saturated carbocycles. The number of ether oxygens (including phenoxy) is 1. The first-order valence-electron chi connectivity index (χ1n) is 8.80. The fourth-order valence-corrected chi connectivity index (χ4v) is 2.57. The summed E-state index contributed by atoms with van der Waals surface area (Å²) in [5.41, 5.74) is 4.55. The van der Waals surface area contributed by atoms with Crippen molar-refractivity contribution in [1.82, 2.24) is 0 Å². The Labute approximate surface area is 158 Å². The van der Waals surface area contributed by atoms with E-state index < -0.39 is 0 Å². The highest BCUT2D eigenvalue weighted by Gasteiger charge is 2.09. The molecule has 0 amide bonds. The second kappa shape index (κ2) is 11.8. The second-order valence-corrected chi connectivity index (χ2v) is 7.06. The maximum atomic E-state index is 12.0. The molecule has 0 spiro atoms. The molecule has 0 fully saturated rings. The van der Waals surface area contributed by atoms with Crippen molar-refractivity contribution >= 4 is 18.6 Å². The zero-order valence-electron chi connectivity index (χ0n) is 15.8. The highest BCUT2D eigenvalue weighted by Crippen LogP contribution is 2.14. The fraction of sp³-hybridized carbons (Fsp3) is 0.409. The minimum Gasteiger partial charge on any atom is -0.458 e. The minimum absolute atomic E-state index is 0.302. The van der Waals surface area contributed by atoms with Gasteiger partial charge in [0.25, 0.3) is 0 Å². The molecule has 0 aliphatic heterocycles. The van der Waals surface area contributed by atoms with Crippen molar-refractivity contribution in [3.8, 4) is 0 Å². The minimum atomic E-state index is -0.329. The summed E-state index contributed by atoms with van der Waals surface area (Å²) in [7, 11) is 0.